The van der Waals surface area contributed by atoms with Crippen LogP contribution in [-0.2, 0) is 9.53 Å². The predicted octanol–water partition coefficient (Wildman–Crippen LogP) is 3.67. The number of H-pyrrole nitrogens is 1. The van der Waals surface area contributed by atoms with Crippen LogP contribution in [0.15, 0.2) is 42.5 Å². The summed E-state index contributed by atoms with van der Waals surface area (Å²) in [5.74, 6) is -1.26. The van der Waals surface area contributed by atoms with Crippen molar-refractivity contribution in [2.45, 2.75) is 0 Å². The van der Waals surface area contributed by atoms with Gasteiger partial charge in [0.25, 0.3) is 5.91 Å². The highest BCUT2D eigenvalue weighted by Crippen LogP contribution is 2.29. The summed E-state index contributed by atoms with van der Waals surface area (Å²) in [5, 5.41) is 10.4. The first kappa shape index (κ1) is 16.3. The van der Waals surface area contributed by atoms with Crippen LogP contribution in [0.3, 0.4) is 0 Å². The first-order valence-electron chi connectivity index (χ1n) is 6.90. The minimum atomic E-state index is -0.701. The molecule has 2 aromatic carbocycles. The number of nitrogens with one attached hydrogen (secondary N) is 2. The lowest BCUT2D eigenvalue weighted by atomic mass is 10.2. The molecule has 8 heteroatoms. The molecular weight excluding hydrogens is 353 g/mol. The van der Waals surface area contributed by atoms with Crippen LogP contribution in [0.4, 0.5) is 5.69 Å². The number of hydrogen-bond donors (Lipinski definition) is 2. The highest BCUT2D eigenvalue weighted by Gasteiger charge is 2.17. The molecule has 3 rings (SSSR count). The minimum absolute atomic E-state index is 0.120. The Labute approximate surface area is 146 Å². The zero-order valence-electron chi connectivity index (χ0n) is 12.2. The van der Waals surface area contributed by atoms with E-state index in [4.69, 9.17) is 27.9 Å². The van der Waals surface area contributed by atoms with Gasteiger partial charge in [0.05, 0.1) is 21.2 Å². The number of anilines is 1. The lowest BCUT2D eigenvalue weighted by Crippen LogP contribution is -2.21. The van der Waals surface area contributed by atoms with Gasteiger partial charge in [-0.15, -0.1) is 0 Å². The van der Waals surface area contributed by atoms with Crippen LogP contribution < -0.4 is 5.32 Å². The molecule has 2 N–H and O–H groups in total. The average molecular weight is 364 g/mol. The third-order valence-corrected chi connectivity index (χ3v) is 3.86. The monoisotopic (exact) mass is 363 g/mol. The molecule has 1 aromatic heterocycles. The number of carbonyl (C=O) groups excluding carboxylic acids is 2. The van der Waals surface area contributed by atoms with Crippen molar-refractivity contribution in [2.24, 2.45) is 0 Å². The van der Waals surface area contributed by atoms with E-state index >= 15 is 0 Å². The van der Waals surface area contributed by atoms with Gasteiger partial charge in [-0.1, -0.05) is 47.5 Å². The number of nitrogens with zero attached hydrogens (tertiary/aromatic N) is 1. The lowest BCUT2D eigenvalue weighted by molar-refractivity contribution is -0.119. The average Bonchev–Trinajstić information content (AvgIpc) is 3.00. The van der Waals surface area contributed by atoms with E-state index < -0.39 is 18.5 Å². The van der Waals surface area contributed by atoms with Gasteiger partial charge < -0.3 is 10.1 Å². The third-order valence-electron chi connectivity index (χ3n) is 3.23. The van der Waals surface area contributed by atoms with Crippen molar-refractivity contribution in [3.63, 3.8) is 0 Å². The summed E-state index contributed by atoms with van der Waals surface area (Å²) < 4.78 is 4.99. The van der Waals surface area contributed by atoms with Crippen LogP contribution in [0.25, 0.3) is 10.9 Å². The molecule has 0 aliphatic carbocycles. The van der Waals surface area contributed by atoms with Crippen molar-refractivity contribution < 1.29 is 14.3 Å². The number of ether oxygens (including phenoxy) is 1. The maximum atomic E-state index is 12.1. The van der Waals surface area contributed by atoms with Gasteiger partial charge in [-0.3, -0.25) is 9.89 Å². The molecule has 1 amide bonds. The summed E-state index contributed by atoms with van der Waals surface area (Å²) in [6, 6.07) is 11.9. The number of halogens is 2. The maximum absolute atomic E-state index is 12.1. The molecular formula is C16H11Cl2N3O3. The van der Waals surface area contributed by atoms with Crippen molar-refractivity contribution in [1.29, 1.82) is 0 Å². The normalized spacial score (nSPS) is 10.6. The summed E-state index contributed by atoms with van der Waals surface area (Å²) in [5.41, 5.74) is 1.10. The van der Waals surface area contributed by atoms with E-state index in [0.717, 1.165) is 0 Å². The number of esters is 1. The Morgan fingerprint density at radius 2 is 1.79 bits per heavy atom. The van der Waals surface area contributed by atoms with Crippen molar-refractivity contribution in [2.75, 3.05) is 11.9 Å². The summed E-state index contributed by atoms with van der Waals surface area (Å²) >= 11 is 11.9. The Morgan fingerprint density at radius 3 is 2.54 bits per heavy atom. The molecule has 0 aliphatic heterocycles. The fourth-order valence-corrected chi connectivity index (χ4v) is 2.60. The van der Waals surface area contributed by atoms with E-state index in [2.05, 4.69) is 15.5 Å². The Kier molecular flexibility index (Phi) is 4.69. The van der Waals surface area contributed by atoms with E-state index in [1.54, 1.807) is 36.4 Å². The molecule has 0 fully saturated rings. The van der Waals surface area contributed by atoms with Crippen LogP contribution in [0.5, 0.6) is 0 Å². The van der Waals surface area contributed by atoms with Crippen molar-refractivity contribution in [1.82, 2.24) is 10.2 Å². The highest BCUT2D eigenvalue weighted by molar-refractivity contribution is 6.39. The number of carbonyl (C=O) groups is 2. The SMILES string of the molecule is O=C(COC(=O)c1n[nH]c2ccccc12)Nc1c(Cl)cccc1Cl. The summed E-state index contributed by atoms with van der Waals surface area (Å²) in [6.45, 7) is -0.485. The fraction of sp³-hybridized carbons (Fsp3) is 0.0625. The standard InChI is InChI=1S/C16H11Cl2N3O3/c17-10-5-3-6-11(18)15(10)19-13(22)8-24-16(23)14-9-4-1-2-7-12(9)20-21-14/h1-7H,8H2,(H,19,22)(H,20,21). The number of hydrogen-bond acceptors (Lipinski definition) is 4. The molecule has 0 saturated heterocycles. The number of para-hydroxylation sites is 2. The Morgan fingerprint density at radius 1 is 1.08 bits per heavy atom. The summed E-state index contributed by atoms with van der Waals surface area (Å²) in [4.78, 5) is 24.0. The number of aromatic amines is 1. The molecule has 1 heterocycles. The first-order valence-corrected chi connectivity index (χ1v) is 7.66. The first-order chi connectivity index (χ1) is 11.6. The number of benzene rings is 2. The molecule has 6 nitrogen and oxygen atoms in total. The molecule has 0 unspecified atom stereocenters. The Hall–Kier alpha value is -2.57. The van der Waals surface area contributed by atoms with Gasteiger partial charge in [0.2, 0.25) is 0 Å². The van der Waals surface area contributed by atoms with Gasteiger partial charge in [-0.25, -0.2) is 4.79 Å². The van der Waals surface area contributed by atoms with Gasteiger partial charge in [-0.2, -0.15) is 5.10 Å². The molecule has 24 heavy (non-hydrogen) atoms. The van der Waals surface area contributed by atoms with E-state index in [0.29, 0.717) is 20.9 Å². The smallest absolute Gasteiger partial charge is 0.359 e. The van der Waals surface area contributed by atoms with Gasteiger partial charge in [0.1, 0.15) is 0 Å². The second kappa shape index (κ2) is 6.90. The molecule has 0 aliphatic rings. The highest BCUT2D eigenvalue weighted by atomic mass is 35.5. The fourth-order valence-electron chi connectivity index (χ4n) is 2.11. The van der Waals surface area contributed by atoms with Gasteiger partial charge >= 0.3 is 5.97 Å². The third kappa shape index (κ3) is 3.34. The number of fused-ring (bicyclic) bond motifs is 1. The number of amides is 1. The van der Waals surface area contributed by atoms with Crippen LogP contribution in [-0.4, -0.2) is 28.7 Å². The van der Waals surface area contributed by atoms with E-state index in [1.807, 2.05) is 6.07 Å². The molecule has 3 aromatic rings. The van der Waals surface area contributed by atoms with Crippen molar-refractivity contribution >= 4 is 51.7 Å². The van der Waals surface area contributed by atoms with Gasteiger partial charge in [0, 0.05) is 5.39 Å². The van der Waals surface area contributed by atoms with Crippen LogP contribution in [0.2, 0.25) is 10.0 Å². The van der Waals surface area contributed by atoms with E-state index in [1.165, 1.54) is 0 Å². The molecule has 0 saturated carbocycles. The maximum Gasteiger partial charge on any atom is 0.359 e. The zero-order chi connectivity index (χ0) is 17.1. The van der Waals surface area contributed by atoms with Gasteiger partial charge in [0.15, 0.2) is 12.3 Å². The quantitative estimate of drug-likeness (QED) is 0.692. The number of rotatable bonds is 4. The van der Waals surface area contributed by atoms with Crippen LogP contribution in [0, 0.1) is 0 Å². The predicted molar refractivity (Wildman–Crippen MR) is 91.5 cm³/mol. The van der Waals surface area contributed by atoms with Crippen LogP contribution in [0.1, 0.15) is 10.5 Å². The second-order valence-corrected chi connectivity index (χ2v) is 5.65. The Bertz CT molecular complexity index is 904. The summed E-state index contributed by atoms with van der Waals surface area (Å²) in [7, 11) is 0. The second-order valence-electron chi connectivity index (χ2n) is 4.84. The molecule has 0 atom stereocenters. The van der Waals surface area contributed by atoms with Gasteiger partial charge in [-0.05, 0) is 18.2 Å². The topological polar surface area (TPSA) is 84.1 Å². The Balaban J connectivity index is 1.65. The molecule has 0 spiro atoms. The van der Waals surface area contributed by atoms with E-state index in [9.17, 15) is 9.59 Å². The molecule has 0 radical (unpaired) electrons. The number of aromatic nitrogens is 2. The van der Waals surface area contributed by atoms with Crippen molar-refractivity contribution in [3.05, 3.63) is 58.2 Å². The summed E-state index contributed by atoms with van der Waals surface area (Å²) in [6.07, 6.45) is 0. The zero-order valence-corrected chi connectivity index (χ0v) is 13.7. The molecule has 122 valence electrons. The van der Waals surface area contributed by atoms with Crippen LogP contribution >= 0.6 is 23.2 Å². The van der Waals surface area contributed by atoms with Crippen molar-refractivity contribution in [3.8, 4) is 0 Å². The largest absolute Gasteiger partial charge is 0.451 e. The lowest BCUT2D eigenvalue weighted by Gasteiger charge is -2.09. The van der Waals surface area contributed by atoms with E-state index in [-0.39, 0.29) is 11.4 Å². The minimum Gasteiger partial charge on any atom is -0.451 e. The molecule has 0 bridgehead atoms.